The van der Waals surface area contributed by atoms with Crippen LogP contribution in [0.4, 0.5) is 0 Å². The molecule has 0 radical (unpaired) electrons. The van der Waals surface area contributed by atoms with Crippen molar-refractivity contribution in [1.82, 2.24) is 24.9 Å². The summed E-state index contributed by atoms with van der Waals surface area (Å²) in [4.78, 5) is 4.84. The van der Waals surface area contributed by atoms with Crippen LogP contribution in [-0.4, -0.2) is 38.8 Å². The van der Waals surface area contributed by atoms with E-state index in [4.69, 9.17) is 9.72 Å². The van der Waals surface area contributed by atoms with Gasteiger partial charge in [-0.25, -0.2) is 4.98 Å². The second-order valence-electron chi connectivity index (χ2n) is 6.58. The number of para-hydroxylation sites is 1. The lowest BCUT2D eigenvalue weighted by Crippen LogP contribution is -2.28. The highest BCUT2D eigenvalue weighted by atomic mass is 16.5. The first-order valence-electron chi connectivity index (χ1n) is 8.94. The maximum absolute atomic E-state index is 6.10. The lowest BCUT2D eigenvalue weighted by Gasteiger charge is -2.13. The van der Waals surface area contributed by atoms with Gasteiger partial charge >= 0.3 is 0 Å². The highest BCUT2D eigenvalue weighted by Crippen LogP contribution is 2.27. The van der Waals surface area contributed by atoms with Crippen LogP contribution in [0.15, 0.2) is 54.7 Å². The maximum atomic E-state index is 6.10. The predicted octanol–water partition coefficient (Wildman–Crippen LogP) is 3.08. The van der Waals surface area contributed by atoms with Crippen molar-refractivity contribution in [2.24, 2.45) is 0 Å². The summed E-state index contributed by atoms with van der Waals surface area (Å²) in [5.74, 6) is 1.54. The van der Waals surface area contributed by atoms with Crippen molar-refractivity contribution >= 4 is 16.6 Å². The highest BCUT2D eigenvalue weighted by Gasteiger charge is 2.16. The number of fused-ring (bicyclic) bond motifs is 2. The number of pyridine rings is 2. The summed E-state index contributed by atoms with van der Waals surface area (Å²) in [6.07, 6.45) is 4.33. The molecular weight excluding hydrogens is 326 g/mol. The molecule has 0 aliphatic carbocycles. The summed E-state index contributed by atoms with van der Waals surface area (Å²) in [5.41, 5.74) is 2.45. The fraction of sp³-hybridized carbons (Fsp3) is 0.250. The van der Waals surface area contributed by atoms with Crippen molar-refractivity contribution in [1.29, 1.82) is 0 Å². The monoisotopic (exact) mass is 345 g/mol. The van der Waals surface area contributed by atoms with E-state index in [1.165, 1.54) is 6.42 Å². The van der Waals surface area contributed by atoms with Gasteiger partial charge in [-0.05, 0) is 43.7 Å². The van der Waals surface area contributed by atoms with E-state index in [1.54, 1.807) is 0 Å². The molecule has 4 aromatic rings. The van der Waals surface area contributed by atoms with Crippen LogP contribution in [-0.2, 0) is 0 Å². The standard InChI is InChI=1S/C20H19N5O/c1-2-12-25-18(8-1)23-24-20(25)16-10-9-14-5-3-7-17(19(14)22-16)26-13-15-6-4-11-21-15/h1-3,5,7-10,12,15,21H,4,6,11,13H2/t15-/m0/s1. The summed E-state index contributed by atoms with van der Waals surface area (Å²) in [6.45, 7) is 1.74. The molecule has 0 spiro atoms. The number of nitrogens with zero attached hydrogens (tertiary/aromatic N) is 4. The maximum Gasteiger partial charge on any atom is 0.187 e. The number of hydrogen-bond donors (Lipinski definition) is 1. The molecule has 0 saturated carbocycles. The third-order valence-electron chi connectivity index (χ3n) is 4.83. The number of rotatable bonds is 4. The Labute approximate surface area is 150 Å². The molecule has 0 bridgehead atoms. The molecule has 1 saturated heterocycles. The molecule has 4 heterocycles. The van der Waals surface area contributed by atoms with Crippen LogP contribution >= 0.6 is 0 Å². The van der Waals surface area contributed by atoms with Crippen molar-refractivity contribution in [2.75, 3.05) is 13.2 Å². The van der Waals surface area contributed by atoms with E-state index < -0.39 is 0 Å². The normalized spacial score (nSPS) is 17.2. The number of benzene rings is 1. The van der Waals surface area contributed by atoms with Crippen molar-refractivity contribution in [3.05, 3.63) is 54.7 Å². The Balaban J connectivity index is 1.54. The fourth-order valence-electron chi connectivity index (χ4n) is 3.47. The molecule has 1 aliphatic rings. The van der Waals surface area contributed by atoms with E-state index in [0.29, 0.717) is 12.6 Å². The first kappa shape index (κ1) is 15.3. The molecule has 130 valence electrons. The topological polar surface area (TPSA) is 64.3 Å². The zero-order valence-corrected chi connectivity index (χ0v) is 14.3. The van der Waals surface area contributed by atoms with Crippen molar-refractivity contribution in [3.63, 3.8) is 0 Å². The molecule has 6 heteroatoms. The largest absolute Gasteiger partial charge is 0.490 e. The van der Waals surface area contributed by atoms with E-state index >= 15 is 0 Å². The molecule has 1 atom stereocenters. The average molecular weight is 345 g/mol. The van der Waals surface area contributed by atoms with Gasteiger partial charge < -0.3 is 10.1 Å². The van der Waals surface area contributed by atoms with Gasteiger partial charge in [-0.15, -0.1) is 10.2 Å². The van der Waals surface area contributed by atoms with Gasteiger partial charge in [-0.2, -0.15) is 0 Å². The number of nitrogens with one attached hydrogen (secondary N) is 1. The quantitative estimate of drug-likeness (QED) is 0.616. The van der Waals surface area contributed by atoms with E-state index in [0.717, 1.165) is 46.8 Å². The van der Waals surface area contributed by atoms with E-state index in [1.807, 2.05) is 47.0 Å². The van der Waals surface area contributed by atoms with Crippen LogP contribution in [0.1, 0.15) is 12.8 Å². The van der Waals surface area contributed by atoms with E-state index in [2.05, 4.69) is 27.6 Å². The molecule has 1 aromatic carbocycles. The molecule has 1 aliphatic heterocycles. The van der Waals surface area contributed by atoms with Crippen LogP contribution in [0.3, 0.4) is 0 Å². The summed E-state index contributed by atoms with van der Waals surface area (Å²) >= 11 is 0. The van der Waals surface area contributed by atoms with Crippen molar-refractivity contribution < 1.29 is 4.74 Å². The Morgan fingerprint density at radius 3 is 3.00 bits per heavy atom. The Hall–Kier alpha value is -2.99. The van der Waals surface area contributed by atoms with Crippen LogP contribution in [0.5, 0.6) is 5.75 Å². The average Bonchev–Trinajstić information content (AvgIpc) is 3.35. The number of hydrogen-bond acceptors (Lipinski definition) is 5. The Morgan fingerprint density at radius 1 is 1.08 bits per heavy atom. The Morgan fingerprint density at radius 2 is 2.08 bits per heavy atom. The molecule has 5 rings (SSSR count). The van der Waals surface area contributed by atoms with Gasteiger partial charge in [-0.1, -0.05) is 24.3 Å². The highest BCUT2D eigenvalue weighted by molar-refractivity contribution is 5.86. The zero-order valence-electron chi connectivity index (χ0n) is 14.3. The summed E-state index contributed by atoms with van der Waals surface area (Å²) in [6, 6.07) is 16.3. The van der Waals surface area contributed by atoms with Crippen LogP contribution in [0.2, 0.25) is 0 Å². The Bertz CT molecular complexity index is 1070. The van der Waals surface area contributed by atoms with Gasteiger partial charge in [0.05, 0.1) is 0 Å². The fourth-order valence-corrected chi connectivity index (χ4v) is 3.47. The van der Waals surface area contributed by atoms with Crippen molar-refractivity contribution in [3.8, 4) is 17.3 Å². The third-order valence-corrected chi connectivity index (χ3v) is 4.83. The smallest absolute Gasteiger partial charge is 0.187 e. The first-order valence-corrected chi connectivity index (χ1v) is 8.94. The van der Waals surface area contributed by atoms with Gasteiger partial charge in [-0.3, -0.25) is 4.40 Å². The molecule has 6 nitrogen and oxygen atoms in total. The minimum Gasteiger partial charge on any atom is -0.490 e. The Kier molecular flexibility index (Phi) is 3.75. The second kappa shape index (κ2) is 6.38. The minimum absolute atomic E-state index is 0.425. The summed E-state index contributed by atoms with van der Waals surface area (Å²) in [5, 5.41) is 13.0. The first-order chi connectivity index (χ1) is 12.9. The third kappa shape index (κ3) is 2.68. The molecule has 1 N–H and O–H groups in total. The lowest BCUT2D eigenvalue weighted by molar-refractivity contribution is 0.280. The van der Waals surface area contributed by atoms with Crippen LogP contribution in [0.25, 0.3) is 28.1 Å². The summed E-state index contributed by atoms with van der Waals surface area (Å²) < 4.78 is 8.04. The van der Waals surface area contributed by atoms with Gasteiger partial charge in [0.2, 0.25) is 0 Å². The number of ether oxygens (including phenoxy) is 1. The van der Waals surface area contributed by atoms with Gasteiger partial charge in [0.15, 0.2) is 11.5 Å². The van der Waals surface area contributed by atoms with Gasteiger partial charge in [0, 0.05) is 17.6 Å². The van der Waals surface area contributed by atoms with Crippen molar-refractivity contribution in [2.45, 2.75) is 18.9 Å². The van der Waals surface area contributed by atoms with Gasteiger partial charge in [0.25, 0.3) is 0 Å². The molecule has 0 unspecified atom stereocenters. The number of aromatic nitrogens is 4. The summed E-state index contributed by atoms with van der Waals surface area (Å²) in [7, 11) is 0. The van der Waals surface area contributed by atoms with Gasteiger partial charge in [0.1, 0.15) is 23.6 Å². The molecular formula is C20H19N5O. The zero-order chi connectivity index (χ0) is 17.3. The SMILES string of the molecule is c1cc(OC[C@@H]2CCCN2)c2nc(-c3nnc4ccccn34)ccc2c1. The second-order valence-corrected chi connectivity index (χ2v) is 6.58. The van der Waals surface area contributed by atoms with E-state index in [-0.39, 0.29) is 0 Å². The molecule has 1 fully saturated rings. The lowest BCUT2D eigenvalue weighted by atomic mass is 10.2. The van der Waals surface area contributed by atoms with Crippen LogP contribution < -0.4 is 10.1 Å². The molecule has 3 aromatic heterocycles. The molecule has 26 heavy (non-hydrogen) atoms. The predicted molar refractivity (Wildman–Crippen MR) is 100 cm³/mol. The van der Waals surface area contributed by atoms with E-state index in [9.17, 15) is 0 Å². The molecule has 0 amide bonds. The minimum atomic E-state index is 0.425. The van der Waals surface area contributed by atoms with Crippen LogP contribution in [0, 0.1) is 0 Å².